The number of pyridine rings is 1. The molecule has 2 aromatic rings. The van der Waals surface area contributed by atoms with Crippen molar-refractivity contribution in [2.75, 3.05) is 11.4 Å². The van der Waals surface area contributed by atoms with E-state index >= 15 is 0 Å². The van der Waals surface area contributed by atoms with Crippen LogP contribution in [0.3, 0.4) is 0 Å². The Morgan fingerprint density at radius 2 is 2.22 bits per heavy atom. The second-order valence-electron chi connectivity index (χ2n) is 4.27. The lowest BCUT2D eigenvalue weighted by molar-refractivity contribution is -0.117. The molecule has 1 amide bonds. The van der Waals surface area contributed by atoms with E-state index in [0.29, 0.717) is 13.0 Å². The van der Waals surface area contributed by atoms with Gasteiger partial charge in [0.2, 0.25) is 5.91 Å². The molecular weight excluding hydrogens is 316 g/mol. The lowest BCUT2D eigenvalue weighted by Gasteiger charge is -2.18. The van der Waals surface area contributed by atoms with Crippen LogP contribution in [-0.2, 0) is 4.79 Å². The molecule has 0 radical (unpaired) electrons. The van der Waals surface area contributed by atoms with Gasteiger partial charge in [-0.3, -0.25) is 9.78 Å². The number of hydrogen-bond acceptors (Lipinski definition) is 2. The monoisotopic (exact) mass is 324 g/mol. The standard InChI is InChI=1S/C13H10BrClN2O/c14-10-3-4-11(9-2-1-5-16-13(9)10)17-7-8(15)6-12(17)18/h1-5,8H,6-7H2. The van der Waals surface area contributed by atoms with E-state index in [1.807, 2.05) is 24.3 Å². The van der Waals surface area contributed by atoms with Crippen LogP contribution < -0.4 is 4.90 Å². The fourth-order valence-corrected chi connectivity index (χ4v) is 2.97. The van der Waals surface area contributed by atoms with E-state index in [2.05, 4.69) is 20.9 Å². The summed E-state index contributed by atoms with van der Waals surface area (Å²) in [6.07, 6.45) is 2.15. The van der Waals surface area contributed by atoms with E-state index in [4.69, 9.17) is 11.6 Å². The molecule has 1 saturated heterocycles. The van der Waals surface area contributed by atoms with Crippen molar-refractivity contribution >= 4 is 50.0 Å². The molecule has 5 heteroatoms. The Kier molecular flexibility index (Phi) is 2.99. The van der Waals surface area contributed by atoms with Crippen molar-refractivity contribution in [3.05, 3.63) is 34.9 Å². The van der Waals surface area contributed by atoms with Crippen LogP contribution in [0.2, 0.25) is 0 Å². The summed E-state index contributed by atoms with van der Waals surface area (Å²) in [7, 11) is 0. The van der Waals surface area contributed by atoms with Crippen LogP contribution in [0.25, 0.3) is 10.9 Å². The molecule has 0 saturated carbocycles. The number of halogens is 2. The number of rotatable bonds is 1. The molecule has 92 valence electrons. The third kappa shape index (κ3) is 1.89. The molecule has 3 rings (SSSR count). The van der Waals surface area contributed by atoms with Crippen molar-refractivity contribution in [2.24, 2.45) is 0 Å². The highest BCUT2D eigenvalue weighted by molar-refractivity contribution is 9.10. The van der Waals surface area contributed by atoms with Crippen LogP contribution in [0.5, 0.6) is 0 Å². The van der Waals surface area contributed by atoms with Crippen LogP contribution in [0.1, 0.15) is 6.42 Å². The van der Waals surface area contributed by atoms with E-state index in [1.54, 1.807) is 11.1 Å². The Bertz CT molecular complexity index is 631. The van der Waals surface area contributed by atoms with Crippen molar-refractivity contribution < 1.29 is 4.79 Å². The molecular formula is C13H10BrClN2O. The van der Waals surface area contributed by atoms with Gasteiger partial charge in [-0.05, 0) is 40.2 Å². The topological polar surface area (TPSA) is 33.2 Å². The largest absolute Gasteiger partial charge is 0.310 e. The molecule has 1 aliphatic heterocycles. The van der Waals surface area contributed by atoms with Crippen molar-refractivity contribution in [3.8, 4) is 0 Å². The third-order valence-corrected chi connectivity index (χ3v) is 4.00. The Morgan fingerprint density at radius 1 is 1.39 bits per heavy atom. The minimum atomic E-state index is -0.104. The summed E-state index contributed by atoms with van der Waals surface area (Å²) in [5.74, 6) is 0.0717. The van der Waals surface area contributed by atoms with Gasteiger partial charge in [-0.25, -0.2) is 0 Å². The van der Waals surface area contributed by atoms with E-state index in [-0.39, 0.29) is 11.3 Å². The van der Waals surface area contributed by atoms with Gasteiger partial charge in [0.1, 0.15) is 0 Å². The van der Waals surface area contributed by atoms with Crippen molar-refractivity contribution in [2.45, 2.75) is 11.8 Å². The highest BCUT2D eigenvalue weighted by atomic mass is 79.9. The maximum atomic E-state index is 11.9. The number of carbonyl (C=O) groups is 1. The van der Waals surface area contributed by atoms with Crippen LogP contribution in [0.4, 0.5) is 5.69 Å². The molecule has 2 heterocycles. The first-order valence-electron chi connectivity index (χ1n) is 5.64. The zero-order chi connectivity index (χ0) is 12.7. The van der Waals surface area contributed by atoms with Crippen molar-refractivity contribution in [1.29, 1.82) is 0 Å². The number of benzene rings is 1. The molecule has 18 heavy (non-hydrogen) atoms. The van der Waals surface area contributed by atoms with Gasteiger partial charge in [-0.15, -0.1) is 11.6 Å². The SMILES string of the molecule is O=C1CC(Cl)CN1c1ccc(Br)c2ncccc12. The van der Waals surface area contributed by atoms with E-state index < -0.39 is 0 Å². The van der Waals surface area contributed by atoms with Gasteiger partial charge in [0.05, 0.1) is 16.6 Å². The first kappa shape index (κ1) is 11.9. The van der Waals surface area contributed by atoms with E-state index in [1.165, 1.54) is 0 Å². The number of amides is 1. The molecule has 0 spiro atoms. The first-order chi connectivity index (χ1) is 8.66. The third-order valence-electron chi connectivity index (χ3n) is 3.07. The first-order valence-corrected chi connectivity index (χ1v) is 6.87. The summed E-state index contributed by atoms with van der Waals surface area (Å²) >= 11 is 9.52. The second-order valence-corrected chi connectivity index (χ2v) is 5.74. The Labute approximate surface area is 118 Å². The van der Waals surface area contributed by atoms with Crippen LogP contribution in [-0.4, -0.2) is 22.8 Å². The van der Waals surface area contributed by atoms with Gasteiger partial charge >= 0.3 is 0 Å². The minimum absolute atomic E-state index is 0.0717. The predicted octanol–water partition coefficient (Wildman–Crippen LogP) is 3.34. The van der Waals surface area contributed by atoms with Crippen molar-refractivity contribution in [1.82, 2.24) is 4.98 Å². The maximum Gasteiger partial charge on any atom is 0.228 e. The number of anilines is 1. The fourth-order valence-electron chi connectivity index (χ4n) is 2.26. The summed E-state index contributed by atoms with van der Waals surface area (Å²) in [6.45, 7) is 0.562. The number of aromatic nitrogens is 1. The van der Waals surface area contributed by atoms with Crippen molar-refractivity contribution in [3.63, 3.8) is 0 Å². The van der Waals surface area contributed by atoms with Crippen LogP contribution >= 0.6 is 27.5 Å². The molecule has 1 aromatic carbocycles. The summed E-state index contributed by atoms with van der Waals surface area (Å²) in [4.78, 5) is 18.0. The molecule has 1 aromatic heterocycles. The number of hydrogen-bond donors (Lipinski definition) is 0. The van der Waals surface area contributed by atoms with Gasteiger partial charge < -0.3 is 4.90 Å². The molecule has 1 fully saturated rings. The molecule has 0 aliphatic carbocycles. The quantitative estimate of drug-likeness (QED) is 0.753. The van der Waals surface area contributed by atoms with Gasteiger partial charge in [0.25, 0.3) is 0 Å². The van der Waals surface area contributed by atoms with Gasteiger partial charge in [0, 0.05) is 29.0 Å². The number of fused-ring (bicyclic) bond motifs is 1. The molecule has 1 aliphatic rings. The summed E-state index contributed by atoms with van der Waals surface area (Å²) in [5.41, 5.74) is 1.75. The van der Waals surface area contributed by atoms with Gasteiger partial charge in [-0.1, -0.05) is 0 Å². The normalized spacial score (nSPS) is 19.8. The van der Waals surface area contributed by atoms with Gasteiger partial charge in [0.15, 0.2) is 0 Å². The number of carbonyl (C=O) groups excluding carboxylic acids is 1. The average molecular weight is 326 g/mol. The van der Waals surface area contributed by atoms with E-state index in [9.17, 15) is 4.79 Å². The Morgan fingerprint density at radius 3 is 2.94 bits per heavy atom. The number of alkyl halides is 1. The Balaban J connectivity index is 2.18. The minimum Gasteiger partial charge on any atom is -0.310 e. The molecule has 1 atom stereocenters. The van der Waals surface area contributed by atoms with E-state index in [0.717, 1.165) is 21.1 Å². The maximum absolute atomic E-state index is 11.9. The Hall–Kier alpha value is -1.13. The zero-order valence-corrected chi connectivity index (χ0v) is 11.8. The highest BCUT2D eigenvalue weighted by Gasteiger charge is 2.30. The molecule has 0 N–H and O–H groups in total. The summed E-state index contributed by atoms with van der Waals surface area (Å²) in [6, 6.07) is 7.69. The smallest absolute Gasteiger partial charge is 0.228 e. The summed E-state index contributed by atoms with van der Waals surface area (Å²) in [5, 5.41) is 0.860. The lowest BCUT2D eigenvalue weighted by atomic mass is 10.1. The number of nitrogens with zero attached hydrogens (tertiary/aromatic N) is 2. The molecule has 1 unspecified atom stereocenters. The molecule has 3 nitrogen and oxygen atoms in total. The highest BCUT2D eigenvalue weighted by Crippen LogP contribution is 2.33. The van der Waals surface area contributed by atoms with Gasteiger partial charge in [-0.2, -0.15) is 0 Å². The average Bonchev–Trinajstić information content (AvgIpc) is 2.69. The zero-order valence-electron chi connectivity index (χ0n) is 9.44. The predicted molar refractivity (Wildman–Crippen MR) is 76.1 cm³/mol. The fraction of sp³-hybridized carbons (Fsp3) is 0.231. The second kappa shape index (κ2) is 4.52. The molecule has 0 bridgehead atoms. The van der Waals surface area contributed by atoms with Crippen LogP contribution in [0.15, 0.2) is 34.9 Å². The summed E-state index contributed by atoms with van der Waals surface area (Å²) < 4.78 is 0.927. The van der Waals surface area contributed by atoms with Crippen LogP contribution in [0, 0.1) is 0 Å². The lowest BCUT2D eigenvalue weighted by Crippen LogP contribution is -2.24.